The zero-order chi connectivity index (χ0) is 21.3. The molecule has 0 aliphatic carbocycles. The number of aromatic nitrogens is 1. The van der Waals surface area contributed by atoms with Crippen LogP contribution in [0.3, 0.4) is 0 Å². The maximum absolute atomic E-state index is 12.6. The molecule has 1 saturated heterocycles. The van der Waals surface area contributed by atoms with Crippen molar-refractivity contribution in [3.8, 4) is 0 Å². The van der Waals surface area contributed by atoms with Gasteiger partial charge in [-0.1, -0.05) is 27.5 Å². The van der Waals surface area contributed by atoms with Crippen molar-refractivity contribution in [2.45, 2.75) is 12.8 Å². The maximum Gasteiger partial charge on any atom is 0.261 e. The minimum atomic E-state index is -0.298. The number of piperazine rings is 1. The van der Waals surface area contributed by atoms with Gasteiger partial charge < -0.3 is 9.80 Å². The van der Waals surface area contributed by atoms with Gasteiger partial charge in [0.15, 0.2) is 0 Å². The van der Waals surface area contributed by atoms with Crippen LogP contribution in [0.15, 0.2) is 41.0 Å². The normalized spacial score (nSPS) is 16.3. The topological polar surface area (TPSA) is 73.8 Å². The number of halogens is 2. The number of imide groups is 1. The van der Waals surface area contributed by atoms with Crippen molar-refractivity contribution in [1.29, 1.82) is 0 Å². The predicted molar refractivity (Wildman–Crippen MR) is 117 cm³/mol. The summed E-state index contributed by atoms with van der Waals surface area (Å²) in [5.41, 5.74) is 0.828. The molecule has 30 heavy (non-hydrogen) atoms. The molecule has 3 amide bonds. The number of hydrogen-bond donors (Lipinski definition) is 0. The van der Waals surface area contributed by atoms with Crippen LogP contribution in [0.2, 0.25) is 5.02 Å². The highest BCUT2D eigenvalue weighted by atomic mass is 79.9. The van der Waals surface area contributed by atoms with E-state index >= 15 is 0 Å². The van der Waals surface area contributed by atoms with E-state index in [0.717, 1.165) is 10.3 Å². The second-order valence-corrected chi connectivity index (χ2v) is 8.61. The van der Waals surface area contributed by atoms with Crippen molar-refractivity contribution in [2.75, 3.05) is 37.6 Å². The van der Waals surface area contributed by atoms with Gasteiger partial charge in [-0.2, -0.15) is 0 Å². The summed E-state index contributed by atoms with van der Waals surface area (Å²) in [6, 6.07) is 8.74. The molecule has 0 atom stereocenters. The molecule has 0 bridgehead atoms. The molecule has 156 valence electrons. The number of amides is 3. The summed E-state index contributed by atoms with van der Waals surface area (Å²) < 4.78 is 0.757. The average Bonchev–Trinajstić information content (AvgIpc) is 2.98. The number of pyridine rings is 1. The molecule has 0 N–H and O–H groups in total. The van der Waals surface area contributed by atoms with Crippen LogP contribution in [0.25, 0.3) is 0 Å². The standard InChI is InChI=1S/C21H20BrClN4O3/c22-14-3-5-16-17(12-14)21(30)27(20(16)29)7-1-2-19(28)26-10-8-25(9-11-26)18-6-4-15(23)13-24-18/h3-6,12-13H,1-2,7-11H2. The van der Waals surface area contributed by atoms with Gasteiger partial charge in [0.25, 0.3) is 11.8 Å². The lowest BCUT2D eigenvalue weighted by molar-refractivity contribution is -0.131. The summed E-state index contributed by atoms with van der Waals surface area (Å²) >= 11 is 9.21. The Hall–Kier alpha value is -2.45. The number of carbonyl (C=O) groups is 3. The van der Waals surface area contributed by atoms with E-state index < -0.39 is 0 Å². The highest BCUT2D eigenvalue weighted by Crippen LogP contribution is 2.26. The Kier molecular flexibility index (Phi) is 6.06. The van der Waals surface area contributed by atoms with Crippen LogP contribution in [0.1, 0.15) is 33.6 Å². The average molecular weight is 492 g/mol. The number of benzene rings is 1. The minimum Gasteiger partial charge on any atom is -0.353 e. The Labute approximate surface area is 187 Å². The molecule has 3 heterocycles. The lowest BCUT2D eigenvalue weighted by Gasteiger charge is -2.35. The summed E-state index contributed by atoms with van der Waals surface area (Å²) in [4.78, 5) is 47.0. The summed E-state index contributed by atoms with van der Waals surface area (Å²) in [7, 11) is 0. The lowest BCUT2D eigenvalue weighted by atomic mass is 10.1. The largest absolute Gasteiger partial charge is 0.353 e. The molecule has 0 unspecified atom stereocenters. The van der Waals surface area contributed by atoms with Crippen LogP contribution in [0.5, 0.6) is 0 Å². The number of nitrogens with zero attached hydrogens (tertiary/aromatic N) is 4. The number of fused-ring (bicyclic) bond motifs is 1. The summed E-state index contributed by atoms with van der Waals surface area (Å²) in [6.45, 7) is 2.88. The van der Waals surface area contributed by atoms with Crippen molar-refractivity contribution >= 4 is 51.1 Å². The Morgan fingerprint density at radius 3 is 2.47 bits per heavy atom. The van der Waals surface area contributed by atoms with Crippen LogP contribution >= 0.6 is 27.5 Å². The second kappa shape index (κ2) is 8.73. The molecule has 2 aliphatic heterocycles. The van der Waals surface area contributed by atoms with Gasteiger partial charge in [-0.3, -0.25) is 19.3 Å². The van der Waals surface area contributed by atoms with Crippen molar-refractivity contribution in [1.82, 2.24) is 14.8 Å². The van der Waals surface area contributed by atoms with E-state index in [-0.39, 0.29) is 24.3 Å². The van der Waals surface area contributed by atoms with E-state index in [1.165, 1.54) is 4.90 Å². The van der Waals surface area contributed by atoms with E-state index in [1.807, 2.05) is 11.0 Å². The van der Waals surface area contributed by atoms with Crippen LogP contribution in [0.4, 0.5) is 5.82 Å². The smallest absolute Gasteiger partial charge is 0.261 e. The first-order valence-corrected chi connectivity index (χ1v) is 10.9. The highest BCUT2D eigenvalue weighted by molar-refractivity contribution is 9.10. The maximum atomic E-state index is 12.6. The van der Waals surface area contributed by atoms with Gasteiger partial charge in [0.1, 0.15) is 5.82 Å². The molecule has 1 aromatic heterocycles. The third kappa shape index (κ3) is 4.20. The highest BCUT2D eigenvalue weighted by Gasteiger charge is 2.35. The van der Waals surface area contributed by atoms with Gasteiger partial charge in [-0.15, -0.1) is 0 Å². The summed E-state index contributed by atoms with van der Waals surface area (Å²) in [5, 5.41) is 0.596. The van der Waals surface area contributed by atoms with E-state index in [1.54, 1.807) is 30.5 Å². The monoisotopic (exact) mass is 490 g/mol. The second-order valence-electron chi connectivity index (χ2n) is 7.26. The third-order valence-corrected chi connectivity index (χ3v) is 6.09. The van der Waals surface area contributed by atoms with Crippen LogP contribution in [0, 0.1) is 0 Å². The van der Waals surface area contributed by atoms with Gasteiger partial charge >= 0.3 is 0 Å². The predicted octanol–water partition coefficient (Wildman–Crippen LogP) is 3.22. The van der Waals surface area contributed by atoms with Crippen molar-refractivity contribution in [2.24, 2.45) is 0 Å². The van der Waals surface area contributed by atoms with E-state index in [0.29, 0.717) is 55.2 Å². The Morgan fingerprint density at radius 1 is 1.03 bits per heavy atom. The van der Waals surface area contributed by atoms with Crippen molar-refractivity contribution in [3.05, 3.63) is 57.2 Å². The molecule has 0 radical (unpaired) electrons. The van der Waals surface area contributed by atoms with Crippen LogP contribution < -0.4 is 4.90 Å². The van der Waals surface area contributed by atoms with Crippen LogP contribution in [-0.2, 0) is 4.79 Å². The molecular formula is C21H20BrClN4O3. The fourth-order valence-electron chi connectivity index (χ4n) is 3.75. The molecule has 2 aromatic rings. The number of hydrogen-bond acceptors (Lipinski definition) is 5. The molecule has 1 aromatic carbocycles. The lowest BCUT2D eigenvalue weighted by Crippen LogP contribution is -2.49. The van der Waals surface area contributed by atoms with Gasteiger partial charge in [0.05, 0.1) is 16.1 Å². The van der Waals surface area contributed by atoms with Gasteiger partial charge in [0, 0.05) is 49.8 Å². The van der Waals surface area contributed by atoms with Gasteiger partial charge in [-0.05, 0) is 36.8 Å². The fourth-order valence-corrected chi connectivity index (χ4v) is 4.23. The molecular weight excluding hydrogens is 472 g/mol. The molecule has 7 nitrogen and oxygen atoms in total. The quantitative estimate of drug-likeness (QED) is 0.601. The van der Waals surface area contributed by atoms with Gasteiger partial charge in [-0.25, -0.2) is 4.98 Å². The molecule has 0 saturated carbocycles. The van der Waals surface area contributed by atoms with E-state index in [9.17, 15) is 14.4 Å². The third-order valence-electron chi connectivity index (χ3n) is 5.37. The molecule has 4 rings (SSSR count). The molecule has 0 spiro atoms. The molecule has 2 aliphatic rings. The number of anilines is 1. The molecule has 1 fully saturated rings. The molecule has 9 heteroatoms. The fraction of sp³-hybridized carbons (Fsp3) is 0.333. The first-order chi connectivity index (χ1) is 14.4. The zero-order valence-corrected chi connectivity index (χ0v) is 18.5. The van der Waals surface area contributed by atoms with Crippen molar-refractivity contribution in [3.63, 3.8) is 0 Å². The Morgan fingerprint density at radius 2 is 1.77 bits per heavy atom. The Balaban J connectivity index is 1.25. The van der Waals surface area contributed by atoms with E-state index in [4.69, 9.17) is 11.6 Å². The SMILES string of the molecule is O=C(CCCN1C(=O)c2ccc(Br)cc2C1=O)N1CCN(c2ccc(Cl)cn2)CC1. The van der Waals surface area contributed by atoms with Crippen molar-refractivity contribution < 1.29 is 14.4 Å². The Bertz CT molecular complexity index is 990. The minimum absolute atomic E-state index is 0.0399. The first-order valence-electron chi connectivity index (χ1n) is 9.74. The van der Waals surface area contributed by atoms with Crippen LogP contribution in [-0.4, -0.2) is 65.2 Å². The summed E-state index contributed by atoms with van der Waals surface area (Å²) in [6.07, 6.45) is 2.37. The van der Waals surface area contributed by atoms with Gasteiger partial charge in [0.2, 0.25) is 5.91 Å². The summed E-state index contributed by atoms with van der Waals surface area (Å²) in [5.74, 6) is 0.300. The first kappa shape index (κ1) is 20.8. The number of carbonyl (C=O) groups excluding carboxylic acids is 3. The zero-order valence-electron chi connectivity index (χ0n) is 16.2. The van der Waals surface area contributed by atoms with E-state index in [2.05, 4.69) is 25.8 Å². The number of rotatable bonds is 5.